The second kappa shape index (κ2) is 13.4. The molecule has 5 nitrogen and oxygen atoms in total. The van der Waals surface area contributed by atoms with Crippen molar-refractivity contribution < 1.29 is 24.9 Å². The molecule has 1 aliphatic rings. The first-order valence-electron chi connectivity index (χ1n) is 13.5. The van der Waals surface area contributed by atoms with Gasteiger partial charge in [-0.3, -0.25) is 0 Å². The second-order valence-electron chi connectivity index (χ2n) is 10.4. The van der Waals surface area contributed by atoms with Crippen molar-refractivity contribution in [3.63, 3.8) is 0 Å². The minimum absolute atomic E-state index is 0.217. The fraction of sp³-hybridized carbons (Fsp3) is 0.516. The Labute approximate surface area is 215 Å². The number of hydrogen-bond acceptors (Lipinski definition) is 4. The molecule has 5 heteroatoms. The maximum absolute atomic E-state index is 11.3. The Morgan fingerprint density at radius 2 is 1.61 bits per heavy atom. The fourth-order valence-corrected chi connectivity index (χ4v) is 5.37. The lowest BCUT2D eigenvalue weighted by Gasteiger charge is -2.43. The quantitative estimate of drug-likeness (QED) is 0.184. The largest absolute Gasteiger partial charge is 0.508 e. The molecule has 0 spiro atoms. The molecule has 0 aromatic heterocycles. The minimum atomic E-state index is -0.771. The van der Waals surface area contributed by atoms with Crippen LogP contribution >= 0.6 is 0 Å². The van der Waals surface area contributed by atoms with Gasteiger partial charge in [-0.15, -0.1) is 0 Å². The molecule has 0 bridgehead atoms. The van der Waals surface area contributed by atoms with Crippen LogP contribution in [-0.4, -0.2) is 27.9 Å². The summed E-state index contributed by atoms with van der Waals surface area (Å²) in [4.78, 5) is 11.3. The molecule has 1 heterocycles. The number of aliphatic carboxylic acids is 1. The monoisotopic (exact) mass is 494 g/mol. The number of carboxylic acid groups (broad SMARTS) is 1. The maximum Gasteiger partial charge on any atom is 0.331 e. The van der Waals surface area contributed by atoms with E-state index in [1.54, 1.807) is 24.3 Å². The first kappa shape index (κ1) is 27.6. The number of phenols is 2. The van der Waals surface area contributed by atoms with Crippen molar-refractivity contribution in [3.8, 4) is 17.2 Å². The number of unbranched alkanes of at least 4 members (excludes halogenated alkanes) is 7. The molecule has 0 radical (unpaired) electrons. The van der Waals surface area contributed by atoms with Crippen molar-refractivity contribution in [2.75, 3.05) is 6.61 Å². The van der Waals surface area contributed by atoms with Gasteiger partial charge in [-0.25, -0.2) is 4.79 Å². The molecule has 196 valence electrons. The van der Waals surface area contributed by atoms with Gasteiger partial charge in [-0.05, 0) is 55.0 Å². The number of carbonyl (C=O) groups is 1. The lowest BCUT2D eigenvalue weighted by atomic mass is 9.66. The lowest BCUT2D eigenvalue weighted by Crippen LogP contribution is -2.40. The molecule has 3 rings (SSSR count). The fourth-order valence-electron chi connectivity index (χ4n) is 5.37. The lowest BCUT2D eigenvalue weighted by molar-refractivity contribution is -0.132. The van der Waals surface area contributed by atoms with Crippen LogP contribution in [0.15, 0.2) is 54.1 Å². The number of allylic oxidation sites excluding steroid dienone is 1. The van der Waals surface area contributed by atoms with Gasteiger partial charge in [0.1, 0.15) is 17.2 Å². The Morgan fingerprint density at radius 1 is 0.972 bits per heavy atom. The standard InChI is InChI=1S/C31H42O5/c1-3-4-12-23(30(34)35)13-10-8-6-5-7-9-11-14-28-27-20-19-26(33)21-29(27)36-22-31(28,2)24-15-17-25(32)18-16-24/h12,15-21,28,32-33H,3-11,13-14,22H2,1-2H3,(H,34,35)/b23-12-. The molecule has 3 N–H and O–H groups in total. The highest BCUT2D eigenvalue weighted by Gasteiger charge is 2.42. The van der Waals surface area contributed by atoms with Gasteiger partial charge >= 0.3 is 5.97 Å². The van der Waals surface area contributed by atoms with E-state index in [0.29, 0.717) is 18.6 Å². The number of rotatable bonds is 14. The van der Waals surface area contributed by atoms with Crippen LogP contribution in [0.25, 0.3) is 0 Å². The van der Waals surface area contributed by atoms with Crippen LogP contribution in [-0.2, 0) is 10.2 Å². The van der Waals surface area contributed by atoms with Gasteiger partial charge < -0.3 is 20.1 Å². The zero-order valence-corrected chi connectivity index (χ0v) is 21.8. The van der Waals surface area contributed by atoms with Crippen molar-refractivity contribution in [1.82, 2.24) is 0 Å². The van der Waals surface area contributed by atoms with Gasteiger partial charge in [-0.2, -0.15) is 0 Å². The number of phenolic OH excluding ortho intramolecular Hbond substituents is 2. The summed E-state index contributed by atoms with van der Waals surface area (Å²) in [6.45, 7) is 4.83. The summed E-state index contributed by atoms with van der Waals surface area (Å²) in [6, 6.07) is 12.9. The van der Waals surface area contributed by atoms with Crippen LogP contribution in [0.3, 0.4) is 0 Å². The van der Waals surface area contributed by atoms with Gasteiger partial charge in [0.05, 0.1) is 6.61 Å². The molecule has 0 fully saturated rings. The highest BCUT2D eigenvalue weighted by atomic mass is 16.5. The summed E-state index contributed by atoms with van der Waals surface area (Å²) in [7, 11) is 0. The van der Waals surface area contributed by atoms with E-state index in [1.807, 2.05) is 24.3 Å². The van der Waals surface area contributed by atoms with E-state index in [-0.39, 0.29) is 22.8 Å². The second-order valence-corrected chi connectivity index (χ2v) is 10.4. The Hall–Kier alpha value is -2.95. The Bertz CT molecular complexity index is 1010. The number of aromatic hydroxyl groups is 2. The summed E-state index contributed by atoms with van der Waals surface area (Å²) in [5, 5.41) is 29.0. The Morgan fingerprint density at radius 3 is 2.28 bits per heavy atom. The predicted octanol–water partition coefficient (Wildman–Crippen LogP) is 7.85. The van der Waals surface area contributed by atoms with E-state index in [9.17, 15) is 20.1 Å². The van der Waals surface area contributed by atoms with Crippen LogP contribution < -0.4 is 4.74 Å². The predicted molar refractivity (Wildman–Crippen MR) is 144 cm³/mol. The van der Waals surface area contributed by atoms with Gasteiger partial charge in [0, 0.05) is 23.0 Å². The highest BCUT2D eigenvalue weighted by molar-refractivity contribution is 5.86. The summed E-state index contributed by atoms with van der Waals surface area (Å²) >= 11 is 0. The SMILES string of the molecule is CCC/C=C(/CCCCCCCCCC1c2ccc(O)cc2OCC1(C)c1ccc(O)cc1)C(=O)O. The molecule has 2 aromatic carbocycles. The van der Waals surface area contributed by atoms with E-state index in [0.717, 1.165) is 68.2 Å². The maximum atomic E-state index is 11.3. The topological polar surface area (TPSA) is 87.0 Å². The zero-order valence-electron chi connectivity index (χ0n) is 21.8. The van der Waals surface area contributed by atoms with Crippen LogP contribution in [0.1, 0.15) is 102 Å². The number of benzene rings is 2. The summed E-state index contributed by atoms with van der Waals surface area (Å²) in [6.07, 6.45) is 13.2. The van der Waals surface area contributed by atoms with E-state index >= 15 is 0 Å². The molecule has 0 saturated heterocycles. The zero-order chi connectivity index (χ0) is 26.0. The van der Waals surface area contributed by atoms with Crippen LogP contribution in [0.4, 0.5) is 0 Å². The molecule has 0 aliphatic carbocycles. The molecule has 2 aromatic rings. The van der Waals surface area contributed by atoms with E-state index in [2.05, 4.69) is 13.8 Å². The number of hydrogen-bond donors (Lipinski definition) is 3. The van der Waals surface area contributed by atoms with Crippen molar-refractivity contribution in [1.29, 1.82) is 0 Å². The van der Waals surface area contributed by atoms with Crippen LogP contribution in [0.5, 0.6) is 17.2 Å². The van der Waals surface area contributed by atoms with Crippen molar-refractivity contribution >= 4 is 5.97 Å². The first-order valence-corrected chi connectivity index (χ1v) is 13.5. The van der Waals surface area contributed by atoms with Gasteiger partial charge in [0.25, 0.3) is 0 Å². The van der Waals surface area contributed by atoms with Crippen molar-refractivity contribution in [3.05, 3.63) is 65.2 Å². The Kier molecular flexibility index (Phi) is 10.3. The highest BCUT2D eigenvalue weighted by Crippen LogP contribution is 2.49. The van der Waals surface area contributed by atoms with Crippen molar-refractivity contribution in [2.45, 2.75) is 95.8 Å². The van der Waals surface area contributed by atoms with E-state index < -0.39 is 5.97 Å². The molecule has 0 amide bonds. The summed E-state index contributed by atoms with van der Waals surface area (Å²) in [5.41, 5.74) is 2.64. The minimum Gasteiger partial charge on any atom is -0.508 e. The smallest absolute Gasteiger partial charge is 0.331 e. The molecule has 0 saturated carbocycles. The molecule has 36 heavy (non-hydrogen) atoms. The van der Waals surface area contributed by atoms with E-state index in [1.165, 1.54) is 12.8 Å². The van der Waals surface area contributed by atoms with Gasteiger partial charge in [0.15, 0.2) is 0 Å². The average Bonchev–Trinajstić information content (AvgIpc) is 2.86. The molecule has 1 aliphatic heterocycles. The van der Waals surface area contributed by atoms with Gasteiger partial charge in [0.2, 0.25) is 0 Å². The number of ether oxygens (including phenoxy) is 1. The van der Waals surface area contributed by atoms with Gasteiger partial charge in [-0.1, -0.05) is 83.1 Å². The number of fused-ring (bicyclic) bond motifs is 1. The third kappa shape index (κ3) is 7.28. The molecule has 2 atom stereocenters. The van der Waals surface area contributed by atoms with Crippen LogP contribution in [0, 0.1) is 0 Å². The van der Waals surface area contributed by atoms with E-state index in [4.69, 9.17) is 4.74 Å². The average molecular weight is 495 g/mol. The molecular weight excluding hydrogens is 452 g/mol. The summed E-state index contributed by atoms with van der Waals surface area (Å²) < 4.78 is 6.11. The third-order valence-corrected chi connectivity index (χ3v) is 7.59. The normalized spacial score (nSPS) is 19.5. The van der Waals surface area contributed by atoms with Crippen molar-refractivity contribution in [2.24, 2.45) is 0 Å². The summed E-state index contributed by atoms with van der Waals surface area (Å²) in [5.74, 6) is 0.738. The molecular formula is C31H42O5. The Balaban J connectivity index is 1.50. The number of carboxylic acids is 1. The third-order valence-electron chi connectivity index (χ3n) is 7.59. The van der Waals surface area contributed by atoms with Crippen LogP contribution in [0.2, 0.25) is 0 Å². The molecule has 2 unspecified atom stereocenters. The first-order chi connectivity index (χ1) is 17.3.